The van der Waals surface area contributed by atoms with E-state index in [1.165, 1.54) is 0 Å². The van der Waals surface area contributed by atoms with E-state index in [0.717, 1.165) is 52.0 Å². The summed E-state index contributed by atoms with van der Waals surface area (Å²) >= 11 is 0. The Morgan fingerprint density at radius 2 is 2.29 bits per heavy atom. The summed E-state index contributed by atoms with van der Waals surface area (Å²) in [6.45, 7) is 7.62. The van der Waals surface area contributed by atoms with Crippen molar-refractivity contribution in [2.24, 2.45) is 0 Å². The molecule has 0 aromatic carbocycles. The maximum absolute atomic E-state index is 9.50. The van der Waals surface area contributed by atoms with Gasteiger partial charge in [0.25, 0.3) is 0 Å². The zero-order chi connectivity index (χ0) is 12.6. The molecule has 0 saturated carbocycles. The van der Waals surface area contributed by atoms with Crippen LogP contribution in [-0.2, 0) is 9.47 Å². The topological polar surface area (TPSA) is 50.7 Å². The van der Waals surface area contributed by atoms with Crippen molar-refractivity contribution in [3.8, 4) is 0 Å². The molecule has 102 valence electrons. The van der Waals surface area contributed by atoms with Crippen molar-refractivity contribution < 1.29 is 14.6 Å². The molecule has 4 nitrogen and oxygen atoms in total. The highest BCUT2D eigenvalue weighted by Gasteiger charge is 2.25. The van der Waals surface area contributed by atoms with Gasteiger partial charge in [0, 0.05) is 18.8 Å². The van der Waals surface area contributed by atoms with Crippen LogP contribution in [0.3, 0.4) is 0 Å². The fraction of sp³-hybridized carbons (Fsp3) is 1.00. The lowest BCUT2D eigenvalue weighted by Crippen LogP contribution is -2.48. The number of likely N-dealkylation sites (N-methyl/N-ethyl adjacent to an activating group) is 1. The zero-order valence-electron chi connectivity index (χ0n) is 11.2. The number of hydrogen-bond acceptors (Lipinski definition) is 4. The molecule has 0 aliphatic carbocycles. The molecule has 17 heavy (non-hydrogen) atoms. The summed E-state index contributed by atoms with van der Waals surface area (Å²) in [5, 5.41) is 12.9. The Hall–Kier alpha value is -0.160. The molecule has 1 aliphatic heterocycles. The maximum atomic E-state index is 9.50. The molecule has 0 aromatic rings. The van der Waals surface area contributed by atoms with Crippen molar-refractivity contribution in [2.45, 2.75) is 51.2 Å². The molecular weight excluding hydrogens is 218 g/mol. The van der Waals surface area contributed by atoms with Crippen LogP contribution in [0.4, 0.5) is 0 Å². The van der Waals surface area contributed by atoms with Gasteiger partial charge in [0.05, 0.1) is 19.3 Å². The molecule has 1 aliphatic rings. The second-order valence-corrected chi connectivity index (χ2v) is 4.78. The summed E-state index contributed by atoms with van der Waals surface area (Å²) < 4.78 is 11.0. The van der Waals surface area contributed by atoms with Crippen LogP contribution in [0, 0.1) is 0 Å². The van der Waals surface area contributed by atoms with E-state index in [4.69, 9.17) is 9.47 Å². The van der Waals surface area contributed by atoms with Gasteiger partial charge in [0.15, 0.2) is 0 Å². The van der Waals surface area contributed by atoms with Gasteiger partial charge in [0.2, 0.25) is 0 Å². The van der Waals surface area contributed by atoms with Crippen LogP contribution in [0.25, 0.3) is 0 Å². The number of aliphatic hydroxyl groups excluding tert-OH is 1. The van der Waals surface area contributed by atoms with E-state index < -0.39 is 0 Å². The van der Waals surface area contributed by atoms with E-state index in [1.54, 1.807) is 0 Å². The first-order valence-corrected chi connectivity index (χ1v) is 6.81. The molecule has 0 amide bonds. The van der Waals surface area contributed by atoms with Crippen molar-refractivity contribution in [2.75, 3.05) is 33.0 Å². The monoisotopic (exact) mass is 245 g/mol. The molecule has 4 heteroatoms. The predicted octanol–water partition coefficient (Wildman–Crippen LogP) is 1.32. The summed E-state index contributed by atoms with van der Waals surface area (Å²) in [6, 6.07) is 0. The SMILES string of the molecule is CCNC(CC)(CO)CCCOC1CCOC1. The Balaban J connectivity index is 2.17. The van der Waals surface area contributed by atoms with Gasteiger partial charge in [-0.3, -0.25) is 0 Å². The van der Waals surface area contributed by atoms with Gasteiger partial charge in [-0.2, -0.15) is 0 Å². The summed E-state index contributed by atoms with van der Waals surface area (Å²) in [7, 11) is 0. The van der Waals surface area contributed by atoms with Gasteiger partial charge in [-0.25, -0.2) is 0 Å². The maximum Gasteiger partial charge on any atom is 0.0830 e. The molecule has 0 bridgehead atoms. The Bertz CT molecular complexity index is 189. The van der Waals surface area contributed by atoms with Crippen LogP contribution in [0.2, 0.25) is 0 Å². The molecule has 0 aromatic heterocycles. The van der Waals surface area contributed by atoms with Crippen molar-refractivity contribution in [3.63, 3.8) is 0 Å². The third kappa shape index (κ3) is 4.92. The van der Waals surface area contributed by atoms with Gasteiger partial charge in [0.1, 0.15) is 0 Å². The van der Waals surface area contributed by atoms with Gasteiger partial charge in [-0.15, -0.1) is 0 Å². The molecule has 1 heterocycles. The normalized spacial score (nSPS) is 23.8. The molecule has 1 rings (SSSR count). The van der Waals surface area contributed by atoms with Crippen LogP contribution in [0.1, 0.15) is 39.5 Å². The van der Waals surface area contributed by atoms with Gasteiger partial charge < -0.3 is 19.9 Å². The molecular formula is C13H27NO3. The quantitative estimate of drug-likeness (QED) is 0.602. The van der Waals surface area contributed by atoms with E-state index in [-0.39, 0.29) is 12.1 Å². The Labute approximate surface area is 105 Å². The Kier molecular flexibility index (Phi) is 7.04. The van der Waals surface area contributed by atoms with Crippen molar-refractivity contribution in [1.82, 2.24) is 5.32 Å². The zero-order valence-corrected chi connectivity index (χ0v) is 11.2. The van der Waals surface area contributed by atoms with E-state index in [1.807, 2.05) is 0 Å². The van der Waals surface area contributed by atoms with E-state index in [9.17, 15) is 5.11 Å². The molecule has 1 saturated heterocycles. The van der Waals surface area contributed by atoms with E-state index >= 15 is 0 Å². The second kappa shape index (κ2) is 8.03. The highest BCUT2D eigenvalue weighted by Crippen LogP contribution is 2.17. The standard InChI is InChI=1S/C13H27NO3/c1-3-13(11-15,14-4-2)7-5-8-17-12-6-9-16-10-12/h12,14-15H,3-11H2,1-2H3. The minimum Gasteiger partial charge on any atom is -0.394 e. The average molecular weight is 245 g/mol. The smallest absolute Gasteiger partial charge is 0.0830 e. The number of nitrogens with one attached hydrogen (secondary N) is 1. The van der Waals surface area contributed by atoms with Gasteiger partial charge >= 0.3 is 0 Å². The summed E-state index contributed by atoms with van der Waals surface area (Å²) in [6.07, 6.45) is 4.20. The predicted molar refractivity (Wildman–Crippen MR) is 68.2 cm³/mol. The van der Waals surface area contributed by atoms with Gasteiger partial charge in [-0.1, -0.05) is 13.8 Å². The highest BCUT2D eigenvalue weighted by atomic mass is 16.5. The molecule has 2 atom stereocenters. The largest absolute Gasteiger partial charge is 0.394 e. The Morgan fingerprint density at radius 3 is 2.82 bits per heavy atom. The number of ether oxygens (including phenoxy) is 2. The fourth-order valence-corrected chi connectivity index (χ4v) is 2.32. The molecule has 0 spiro atoms. The Morgan fingerprint density at radius 1 is 1.47 bits per heavy atom. The van der Waals surface area contributed by atoms with Crippen LogP contribution < -0.4 is 5.32 Å². The lowest BCUT2D eigenvalue weighted by molar-refractivity contribution is 0.0345. The molecule has 1 fully saturated rings. The minimum atomic E-state index is -0.121. The first-order valence-electron chi connectivity index (χ1n) is 6.81. The van der Waals surface area contributed by atoms with Crippen molar-refractivity contribution >= 4 is 0 Å². The summed E-state index contributed by atoms with van der Waals surface area (Å²) in [5.74, 6) is 0. The summed E-state index contributed by atoms with van der Waals surface area (Å²) in [5.41, 5.74) is -0.121. The third-order valence-corrected chi connectivity index (χ3v) is 3.57. The van der Waals surface area contributed by atoms with Crippen LogP contribution in [0.5, 0.6) is 0 Å². The van der Waals surface area contributed by atoms with Gasteiger partial charge in [-0.05, 0) is 32.2 Å². The number of rotatable bonds is 9. The lowest BCUT2D eigenvalue weighted by Gasteiger charge is -2.32. The van der Waals surface area contributed by atoms with Crippen LogP contribution in [-0.4, -0.2) is 49.7 Å². The van der Waals surface area contributed by atoms with Crippen molar-refractivity contribution in [1.29, 1.82) is 0 Å². The van der Waals surface area contributed by atoms with Crippen molar-refractivity contribution in [3.05, 3.63) is 0 Å². The van der Waals surface area contributed by atoms with E-state index in [2.05, 4.69) is 19.2 Å². The van der Waals surface area contributed by atoms with E-state index in [0.29, 0.717) is 6.10 Å². The lowest BCUT2D eigenvalue weighted by atomic mass is 9.91. The molecule has 2 unspecified atom stereocenters. The average Bonchev–Trinajstić information content (AvgIpc) is 2.86. The number of hydrogen-bond donors (Lipinski definition) is 2. The first-order chi connectivity index (χ1) is 8.26. The highest BCUT2D eigenvalue weighted by molar-refractivity contribution is 4.85. The fourth-order valence-electron chi connectivity index (χ4n) is 2.32. The van der Waals surface area contributed by atoms with Crippen LogP contribution >= 0.6 is 0 Å². The summed E-state index contributed by atoms with van der Waals surface area (Å²) in [4.78, 5) is 0. The minimum absolute atomic E-state index is 0.121. The number of aliphatic hydroxyl groups is 1. The van der Waals surface area contributed by atoms with Crippen LogP contribution in [0.15, 0.2) is 0 Å². The first kappa shape index (κ1) is 14.9. The molecule has 0 radical (unpaired) electrons. The molecule has 2 N–H and O–H groups in total. The second-order valence-electron chi connectivity index (χ2n) is 4.78. The third-order valence-electron chi connectivity index (χ3n) is 3.57.